The highest BCUT2D eigenvalue weighted by Gasteiger charge is 2.39. The third-order valence-electron chi connectivity index (χ3n) is 4.86. The molecule has 2 unspecified atom stereocenters. The number of likely N-dealkylation sites (tertiary alicyclic amines) is 1. The van der Waals surface area contributed by atoms with Crippen molar-refractivity contribution in [2.75, 3.05) is 13.2 Å². The summed E-state index contributed by atoms with van der Waals surface area (Å²) in [6, 6.07) is 7.37. The van der Waals surface area contributed by atoms with Crippen molar-refractivity contribution in [2.45, 2.75) is 25.3 Å². The van der Waals surface area contributed by atoms with Gasteiger partial charge in [0.15, 0.2) is 5.69 Å². The van der Waals surface area contributed by atoms with E-state index < -0.39 is 5.97 Å². The van der Waals surface area contributed by atoms with Gasteiger partial charge < -0.3 is 14.7 Å². The van der Waals surface area contributed by atoms with E-state index in [0.717, 1.165) is 17.7 Å². The minimum Gasteiger partial charge on any atom is -0.492 e. The van der Waals surface area contributed by atoms with Crippen LogP contribution in [0, 0.1) is 5.92 Å². The molecule has 25 heavy (non-hydrogen) atoms. The van der Waals surface area contributed by atoms with Crippen molar-refractivity contribution in [3.8, 4) is 5.75 Å². The Morgan fingerprint density at radius 3 is 2.96 bits per heavy atom. The molecule has 1 aromatic carbocycles. The Balaban J connectivity index is 1.56. The van der Waals surface area contributed by atoms with Crippen molar-refractivity contribution in [3.05, 3.63) is 41.2 Å². The molecule has 0 aliphatic carbocycles. The summed E-state index contributed by atoms with van der Waals surface area (Å²) in [7, 11) is 0. The summed E-state index contributed by atoms with van der Waals surface area (Å²) < 4.78 is 5.73. The first kappa shape index (κ1) is 15.6. The monoisotopic (exact) mass is 342 g/mol. The number of nitrogens with zero attached hydrogens (tertiary/aromatic N) is 3. The normalized spacial score (nSPS) is 22.3. The molecule has 8 heteroatoms. The third-order valence-corrected chi connectivity index (χ3v) is 4.86. The van der Waals surface area contributed by atoms with Crippen LogP contribution in [0.1, 0.15) is 40.6 Å². The van der Waals surface area contributed by atoms with Gasteiger partial charge in [0.2, 0.25) is 5.91 Å². The number of carbonyl (C=O) groups excluding carboxylic acids is 1. The largest absolute Gasteiger partial charge is 0.492 e. The topological polar surface area (TPSA) is 108 Å². The Morgan fingerprint density at radius 1 is 1.28 bits per heavy atom. The quantitative estimate of drug-likeness (QED) is 0.873. The van der Waals surface area contributed by atoms with E-state index in [4.69, 9.17) is 4.74 Å². The van der Waals surface area contributed by atoms with E-state index in [1.54, 1.807) is 4.90 Å². The number of carboxylic acids is 1. The second-order valence-corrected chi connectivity index (χ2v) is 6.37. The van der Waals surface area contributed by atoms with Gasteiger partial charge >= 0.3 is 5.97 Å². The standard InChI is InChI=1S/C17H18N4O4/c22-16(11-8-10-4-1-2-6-13(10)25-9-11)21-7-3-5-12(21)14-15(17(23)24)19-20-18-14/h1-2,4,6,11-12H,3,5,7-9H2,(H,23,24)(H,18,19,20). The summed E-state index contributed by atoms with van der Waals surface area (Å²) >= 11 is 0. The van der Waals surface area contributed by atoms with Gasteiger partial charge in [0, 0.05) is 6.54 Å². The molecular weight excluding hydrogens is 324 g/mol. The zero-order valence-corrected chi connectivity index (χ0v) is 13.5. The summed E-state index contributed by atoms with van der Waals surface area (Å²) in [5.41, 5.74) is 1.24. The minimum absolute atomic E-state index is 0.0173. The highest BCUT2D eigenvalue weighted by Crippen LogP contribution is 2.35. The van der Waals surface area contributed by atoms with Crippen LogP contribution in [0.25, 0.3) is 0 Å². The lowest BCUT2D eigenvalue weighted by Crippen LogP contribution is -2.40. The number of aromatic nitrogens is 3. The third kappa shape index (κ3) is 2.73. The van der Waals surface area contributed by atoms with Crippen molar-refractivity contribution >= 4 is 11.9 Å². The average Bonchev–Trinajstić information content (AvgIpc) is 3.29. The molecule has 2 aliphatic heterocycles. The number of carbonyl (C=O) groups is 2. The fourth-order valence-electron chi connectivity index (χ4n) is 3.66. The number of H-pyrrole nitrogens is 1. The molecule has 0 spiro atoms. The van der Waals surface area contributed by atoms with Gasteiger partial charge in [-0.15, -0.1) is 5.10 Å². The highest BCUT2D eigenvalue weighted by atomic mass is 16.5. The number of fused-ring (bicyclic) bond motifs is 1. The van der Waals surface area contributed by atoms with Crippen molar-refractivity contribution in [1.82, 2.24) is 20.3 Å². The van der Waals surface area contributed by atoms with Crippen LogP contribution in [0.15, 0.2) is 24.3 Å². The second kappa shape index (κ2) is 6.19. The predicted molar refractivity (Wildman–Crippen MR) is 86.2 cm³/mol. The number of amides is 1. The van der Waals surface area contributed by atoms with Gasteiger partial charge in [0.1, 0.15) is 18.1 Å². The van der Waals surface area contributed by atoms with Crippen molar-refractivity contribution in [1.29, 1.82) is 0 Å². The Morgan fingerprint density at radius 2 is 2.12 bits per heavy atom. The van der Waals surface area contributed by atoms with Gasteiger partial charge in [-0.1, -0.05) is 18.2 Å². The minimum atomic E-state index is -1.14. The summed E-state index contributed by atoms with van der Waals surface area (Å²) in [6.07, 6.45) is 2.12. The second-order valence-electron chi connectivity index (χ2n) is 6.37. The molecule has 1 amide bonds. The molecule has 1 fully saturated rings. The van der Waals surface area contributed by atoms with Gasteiger partial charge in [-0.3, -0.25) is 4.79 Å². The lowest BCUT2D eigenvalue weighted by atomic mass is 9.95. The zero-order chi connectivity index (χ0) is 17.4. The fourth-order valence-corrected chi connectivity index (χ4v) is 3.66. The Labute approximate surface area is 143 Å². The van der Waals surface area contributed by atoms with Crippen molar-refractivity contribution in [2.24, 2.45) is 5.92 Å². The first-order valence-electron chi connectivity index (χ1n) is 8.30. The fraction of sp³-hybridized carbons (Fsp3) is 0.412. The molecule has 3 heterocycles. The molecule has 8 nitrogen and oxygen atoms in total. The number of para-hydroxylation sites is 1. The van der Waals surface area contributed by atoms with Crippen molar-refractivity contribution in [3.63, 3.8) is 0 Å². The lowest BCUT2D eigenvalue weighted by molar-refractivity contribution is -0.138. The summed E-state index contributed by atoms with van der Waals surface area (Å²) in [5, 5.41) is 19.3. The molecule has 0 bridgehead atoms. The molecule has 1 aromatic heterocycles. The maximum Gasteiger partial charge on any atom is 0.358 e. The summed E-state index contributed by atoms with van der Waals surface area (Å²) in [5.74, 6) is -0.598. The number of aromatic carboxylic acids is 1. The molecule has 0 radical (unpaired) electrons. The van der Waals surface area contributed by atoms with Crippen LogP contribution in [-0.2, 0) is 11.2 Å². The zero-order valence-electron chi connectivity index (χ0n) is 13.5. The predicted octanol–water partition coefficient (Wildman–Crippen LogP) is 1.42. The number of hydrogen-bond donors (Lipinski definition) is 2. The Bertz CT molecular complexity index is 818. The Kier molecular flexibility index (Phi) is 3.87. The van der Waals surface area contributed by atoms with Crippen LogP contribution >= 0.6 is 0 Å². The maximum absolute atomic E-state index is 13.0. The van der Waals surface area contributed by atoms with E-state index in [0.29, 0.717) is 31.7 Å². The van der Waals surface area contributed by atoms with E-state index in [1.807, 2.05) is 24.3 Å². The highest BCUT2D eigenvalue weighted by molar-refractivity contribution is 5.87. The molecule has 2 N–H and O–H groups in total. The summed E-state index contributed by atoms with van der Waals surface area (Å²) in [6.45, 7) is 0.928. The van der Waals surface area contributed by atoms with Gasteiger partial charge in [0.05, 0.1) is 12.0 Å². The van der Waals surface area contributed by atoms with E-state index >= 15 is 0 Å². The van der Waals surface area contributed by atoms with Gasteiger partial charge in [-0.25, -0.2) is 4.79 Å². The van der Waals surface area contributed by atoms with Gasteiger partial charge in [0.25, 0.3) is 0 Å². The lowest BCUT2D eigenvalue weighted by Gasteiger charge is -2.31. The maximum atomic E-state index is 13.0. The summed E-state index contributed by atoms with van der Waals surface area (Å²) in [4.78, 5) is 26.1. The van der Waals surface area contributed by atoms with Crippen molar-refractivity contribution < 1.29 is 19.4 Å². The molecule has 1 saturated heterocycles. The smallest absolute Gasteiger partial charge is 0.358 e. The molecule has 130 valence electrons. The molecule has 2 aliphatic rings. The van der Waals surface area contributed by atoms with Crippen LogP contribution in [0.5, 0.6) is 5.75 Å². The number of ether oxygens (including phenoxy) is 1. The van der Waals surface area contributed by atoms with Crippen LogP contribution in [0.4, 0.5) is 0 Å². The first-order chi connectivity index (χ1) is 12.1. The SMILES string of the molecule is O=C(O)c1n[nH]nc1C1CCCN1C(=O)C1COc2ccccc2C1. The van der Waals surface area contributed by atoms with Crippen LogP contribution in [0.3, 0.4) is 0 Å². The number of carboxylic acid groups (broad SMARTS) is 1. The number of aromatic amines is 1. The van der Waals surface area contributed by atoms with Crippen LogP contribution in [0.2, 0.25) is 0 Å². The molecule has 2 atom stereocenters. The molecule has 4 rings (SSSR count). The molecule has 2 aromatic rings. The number of rotatable bonds is 3. The number of benzene rings is 1. The molecule has 0 saturated carbocycles. The average molecular weight is 342 g/mol. The van der Waals surface area contributed by atoms with Crippen LogP contribution in [-0.4, -0.2) is 50.4 Å². The van der Waals surface area contributed by atoms with Crippen LogP contribution < -0.4 is 4.74 Å². The number of hydrogen-bond acceptors (Lipinski definition) is 5. The molecular formula is C17H18N4O4. The van der Waals surface area contributed by atoms with Gasteiger partial charge in [-0.05, 0) is 30.9 Å². The van der Waals surface area contributed by atoms with Gasteiger partial charge in [-0.2, -0.15) is 10.3 Å². The van der Waals surface area contributed by atoms with E-state index in [-0.39, 0.29) is 23.6 Å². The van der Waals surface area contributed by atoms with E-state index in [2.05, 4.69) is 15.4 Å². The number of nitrogens with one attached hydrogen (secondary N) is 1. The van der Waals surface area contributed by atoms with E-state index in [9.17, 15) is 14.7 Å². The first-order valence-corrected chi connectivity index (χ1v) is 8.30. The van der Waals surface area contributed by atoms with E-state index in [1.165, 1.54) is 0 Å². The Hall–Kier alpha value is -2.90.